The monoisotopic (exact) mass is 273 g/mol. The second-order valence-corrected chi connectivity index (χ2v) is 4.45. The number of nitrogens with two attached hydrogens (primary N) is 1. The number of nitrogens with zero attached hydrogens (tertiary/aromatic N) is 5. The summed E-state index contributed by atoms with van der Waals surface area (Å²) >= 11 is 1.28. The Morgan fingerprint density at radius 3 is 2.79 bits per heavy atom. The van der Waals surface area contributed by atoms with Gasteiger partial charge >= 0.3 is 0 Å². The highest BCUT2D eigenvalue weighted by atomic mass is 32.1. The van der Waals surface area contributed by atoms with Crippen molar-refractivity contribution in [2.75, 3.05) is 0 Å². The van der Waals surface area contributed by atoms with Gasteiger partial charge in [-0.25, -0.2) is 10.1 Å². The Balaban J connectivity index is 2.04. The van der Waals surface area contributed by atoms with Crippen LogP contribution in [-0.4, -0.2) is 24.6 Å². The first-order valence-corrected chi connectivity index (χ1v) is 6.43. The van der Waals surface area contributed by atoms with Gasteiger partial charge in [0.2, 0.25) is 0 Å². The Bertz CT molecular complexity index is 634. The van der Waals surface area contributed by atoms with Crippen molar-refractivity contribution in [3.63, 3.8) is 0 Å². The zero-order valence-electron chi connectivity index (χ0n) is 9.84. The van der Waals surface area contributed by atoms with Crippen LogP contribution in [0.4, 0.5) is 0 Å². The van der Waals surface area contributed by atoms with E-state index in [9.17, 15) is 0 Å². The van der Waals surface area contributed by atoms with E-state index in [0.29, 0.717) is 0 Å². The molecule has 0 radical (unpaired) electrons. The molecule has 0 aliphatic heterocycles. The van der Waals surface area contributed by atoms with Crippen molar-refractivity contribution in [1.29, 1.82) is 0 Å². The summed E-state index contributed by atoms with van der Waals surface area (Å²) in [7, 11) is 0. The molecule has 2 aromatic heterocycles. The van der Waals surface area contributed by atoms with Crippen molar-refractivity contribution in [2.24, 2.45) is 5.84 Å². The van der Waals surface area contributed by atoms with Crippen molar-refractivity contribution in [1.82, 2.24) is 30.0 Å². The van der Waals surface area contributed by atoms with Gasteiger partial charge in [0.05, 0.1) is 23.3 Å². The summed E-state index contributed by atoms with van der Waals surface area (Å²) in [4.78, 5) is 0. The number of benzene rings is 1. The van der Waals surface area contributed by atoms with Crippen molar-refractivity contribution >= 4 is 11.5 Å². The fraction of sp³-hybridized carbons (Fsp3) is 0.0909. The minimum absolute atomic E-state index is 0.297. The summed E-state index contributed by atoms with van der Waals surface area (Å²) in [6.45, 7) is 0. The Labute approximate surface area is 113 Å². The molecule has 1 aromatic carbocycles. The van der Waals surface area contributed by atoms with E-state index in [1.165, 1.54) is 11.5 Å². The molecule has 3 aromatic rings. The molecule has 1 atom stereocenters. The average molecular weight is 273 g/mol. The number of hydrogen-bond donors (Lipinski definition) is 2. The summed E-state index contributed by atoms with van der Waals surface area (Å²) in [6.07, 6.45) is 1.66. The van der Waals surface area contributed by atoms with Crippen LogP contribution in [-0.2, 0) is 0 Å². The molecule has 0 amide bonds. The standard InChI is InChI=1S/C11H11N7S/c12-14-11(9-7-19-17-15-9)10-6-13-16-18(10)8-4-2-1-3-5-8/h1-7,11,14H,12H2. The summed E-state index contributed by atoms with van der Waals surface area (Å²) in [5, 5.41) is 13.9. The van der Waals surface area contributed by atoms with Crippen molar-refractivity contribution in [3.05, 3.63) is 53.3 Å². The van der Waals surface area contributed by atoms with E-state index in [0.717, 1.165) is 17.1 Å². The lowest BCUT2D eigenvalue weighted by molar-refractivity contribution is 0.581. The number of nitrogens with one attached hydrogen (secondary N) is 1. The second kappa shape index (κ2) is 5.22. The van der Waals surface area contributed by atoms with Gasteiger partial charge in [-0.1, -0.05) is 27.9 Å². The smallest absolute Gasteiger partial charge is 0.110 e. The molecule has 1 unspecified atom stereocenters. The molecule has 8 heteroatoms. The minimum Gasteiger partial charge on any atom is -0.270 e. The maximum absolute atomic E-state index is 5.62. The first kappa shape index (κ1) is 11.9. The Kier molecular flexibility index (Phi) is 3.27. The van der Waals surface area contributed by atoms with E-state index in [1.807, 2.05) is 35.7 Å². The molecule has 3 N–H and O–H groups in total. The normalized spacial score (nSPS) is 12.5. The van der Waals surface area contributed by atoms with Gasteiger partial charge in [-0.15, -0.1) is 10.2 Å². The van der Waals surface area contributed by atoms with Gasteiger partial charge in [-0.3, -0.25) is 5.84 Å². The molecule has 96 valence electrons. The fourth-order valence-corrected chi connectivity index (χ4v) is 2.31. The highest BCUT2D eigenvalue weighted by Gasteiger charge is 2.20. The van der Waals surface area contributed by atoms with Gasteiger partial charge in [-0.05, 0) is 23.7 Å². The largest absolute Gasteiger partial charge is 0.270 e. The van der Waals surface area contributed by atoms with Gasteiger partial charge in [0.15, 0.2) is 0 Å². The molecular weight excluding hydrogens is 262 g/mol. The second-order valence-electron chi connectivity index (χ2n) is 3.84. The maximum atomic E-state index is 5.62. The fourth-order valence-electron chi connectivity index (χ4n) is 1.83. The summed E-state index contributed by atoms with van der Waals surface area (Å²) in [5.74, 6) is 5.62. The number of rotatable bonds is 4. The van der Waals surface area contributed by atoms with E-state index >= 15 is 0 Å². The van der Waals surface area contributed by atoms with Crippen molar-refractivity contribution in [3.8, 4) is 5.69 Å². The first-order valence-electron chi connectivity index (χ1n) is 5.59. The van der Waals surface area contributed by atoms with E-state index < -0.39 is 0 Å². The van der Waals surface area contributed by atoms with Crippen molar-refractivity contribution in [2.45, 2.75) is 6.04 Å². The number of para-hydroxylation sites is 1. The van der Waals surface area contributed by atoms with Crippen LogP contribution in [0.25, 0.3) is 5.69 Å². The summed E-state index contributed by atoms with van der Waals surface area (Å²) in [6, 6.07) is 9.43. The highest BCUT2D eigenvalue weighted by Crippen LogP contribution is 2.21. The molecule has 19 heavy (non-hydrogen) atoms. The first-order chi connectivity index (χ1) is 9.40. The van der Waals surface area contributed by atoms with E-state index in [1.54, 1.807) is 10.9 Å². The van der Waals surface area contributed by atoms with Crippen LogP contribution in [0.15, 0.2) is 41.9 Å². The zero-order chi connectivity index (χ0) is 13.1. The number of hydrazine groups is 1. The van der Waals surface area contributed by atoms with Crippen LogP contribution in [0.2, 0.25) is 0 Å². The Morgan fingerprint density at radius 1 is 1.26 bits per heavy atom. The molecule has 0 saturated heterocycles. The summed E-state index contributed by atoms with van der Waals surface area (Å²) < 4.78 is 5.58. The van der Waals surface area contributed by atoms with Gasteiger partial charge in [0.25, 0.3) is 0 Å². The third kappa shape index (κ3) is 2.24. The molecule has 0 aliphatic rings. The molecule has 7 nitrogen and oxygen atoms in total. The van der Waals surface area contributed by atoms with Gasteiger partial charge in [0, 0.05) is 5.38 Å². The van der Waals surface area contributed by atoms with Crippen LogP contribution < -0.4 is 11.3 Å². The third-order valence-corrected chi connectivity index (χ3v) is 3.23. The lowest BCUT2D eigenvalue weighted by Gasteiger charge is -2.14. The van der Waals surface area contributed by atoms with Crippen LogP contribution in [0.5, 0.6) is 0 Å². The van der Waals surface area contributed by atoms with Crippen molar-refractivity contribution < 1.29 is 0 Å². The molecule has 0 aliphatic carbocycles. The quantitative estimate of drug-likeness (QED) is 0.536. The summed E-state index contributed by atoms with van der Waals surface area (Å²) in [5.41, 5.74) is 5.18. The lowest BCUT2D eigenvalue weighted by Crippen LogP contribution is -2.30. The van der Waals surface area contributed by atoms with Crippen LogP contribution in [0.3, 0.4) is 0 Å². The van der Waals surface area contributed by atoms with Crippen LogP contribution in [0.1, 0.15) is 17.4 Å². The SMILES string of the molecule is NNC(c1csnn1)c1cnnn1-c1ccccc1. The topological polar surface area (TPSA) is 94.5 Å². The van der Waals surface area contributed by atoms with Crippen LogP contribution >= 0.6 is 11.5 Å². The molecule has 0 fully saturated rings. The van der Waals surface area contributed by atoms with E-state index in [4.69, 9.17) is 5.84 Å². The molecule has 2 heterocycles. The molecule has 3 rings (SSSR count). The van der Waals surface area contributed by atoms with Crippen LogP contribution in [0, 0.1) is 0 Å². The highest BCUT2D eigenvalue weighted by molar-refractivity contribution is 7.03. The molecule has 0 saturated carbocycles. The predicted molar refractivity (Wildman–Crippen MR) is 70.4 cm³/mol. The number of aromatic nitrogens is 5. The molecule has 0 spiro atoms. The molecular formula is C11H11N7S. The van der Waals surface area contributed by atoms with Gasteiger partial charge in [0.1, 0.15) is 6.04 Å². The van der Waals surface area contributed by atoms with Gasteiger partial charge < -0.3 is 0 Å². The lowest BCUT2D eigenvalue weighted by atomic mass is 10.1. The van der Waals surface area contributed by atoms with E-state index in [2.05, 4.69) is 25.3 Å². The van der Waals surface area contributed by atoms with E-state index in [-0.39, 0.29) is 6.04 Å². The third-order valence-electron chi connectivity index (χ3n) is 2.71. The number of hydrogen-bond acceptors (Lipinski definition) is 7. The predicted octanol–water partition coefficient (Wildman–Crippen LogP) is 0.671. The Hall–Kier alpha value is -2.16. The van der Waals surface area contributed by atoms with Gasteiger partial charge in [-0.2, -0.15) is 0 Å². The zero-order valence-corrected chi connectivity index (χ0v) is 10.7. The maximum Gasteiger partial charge on any atom is 0.110 e. The average Bonchev–Trinajstić information content (AvgIpc) is 3.12. The molecule has 0 bridgehead atoms. The Morgan fingerprint density at radius 2 is 2.11 bits per heavy atom. The minimum atomic E-state index is -0.297.